The molecule has 0 saturated carbocycles. The molecule has 6 heteroatoms. The van der Waals surface area contributed by atoms with Gasteiger partial charge in [0, 0.05) is 31.1 Å². The minimum Gasteiger partial charge on any atom is -0.355 e. The van der Waals surface area contributed by atoms with Crippen LogP contribution in [0.3, 0.4) is 0 Å². The summed E-state index contributed by atoms with van der Waals surface area (Å²) in [6.45, 7) is 4.16. The lowest BCUT2D eigenvalue weighted by molar-refractivity contribution is 0.773. The SMILES string of the molecule is CCCc1nc(N2CC[C@@H](c3ccccc3)C2)c2sc(=S)n(-c3ccccc3)c2n1. The zero-order valence-corrected chi connectivity index (χ0v) is 18.6. The molecule has 0 spiro atoms. The van der Waals surface area contributed by atoms with E-state index >= 15 is 0 Å². The predicted molar refractivity (Wildman–Crippen MR) is 128 cm³/mol. The normalized spacial score (nSPS) is 16.4. The summed E-state index contributed by atoms with van der Waals surface area (Å²) in [5.41, 5.74) is 3.41. The average molecular weight is 433 g/mol. The maximum Gasteiger partial charge on any atom is 0.168 e. The van der Waals surface area contributed by atoms with E-state index in [1.54, 1.807) is 11.3 Å². The van der Waals surface area contributed by atoms with Gasteiger partial charge in [-0.2, -0.15) is 0 Å². The zero-order chi connectivity index (χ0) is 20.5. The molecule has 1 saturated heterocycles. The lowest BCUT2D eigenvalue weighted by Crippen LogP contribution is -2.21. The van der Waals surface area contributed by atoms with Crippen LogP contribution in [0.2, 0.25) is 0 Å². The standard InChI is InChI=1S/C24H24N4S2/c1-2-9-20-25-22(27-15-14-18(16-27)17-10-5-3-6-11-17)21-23(26-20)28(24(29)30-21)19-12-7-4-8-13-19/h3-8,10-13,18H,2,9,14-16H2,1H3/t18-/m1/s1. The van der Waals surface area contributed by atoms with Crippen molar-refractivity contribution in [3.63, 3.8) is 0 Å². The van der Waals surface area contributed by atoms with Crippen molar-refractivity contribution >= 4 is 39.7 Å². The van der Waals surface area contributed by atoms with Crippen LogP contribution in [-0.2, 0) is 6.42 Å². The number of aromatic nitrogens is 3. The number of hydrogen-bond donors (Lipinski definition) is 0. The third-order valence-corrected chi connectivity index (χ3v) is 7.07. The molecule has 0 N–H and O–H groups in total. The Balaban J connectivity index is 1.61. The highest BCUT2D eigenvalue weighted by molar-refractivity contribution is 7.73. The van der Waals surface area contributed by atoms with Gasteiger partial charge < -0.3 is 4.90 Å². The van der Waals surface area contributed by atoms with Gasteiger partial charge in [0.1, 0.15) is 10.5 Å². The van der Waals surface area contributed by atoms with E-state index in [0.29, 0.717) is 5.92 Å². The van der Waals surface area contributed by atoms with E-state index in [1.165, 1.54) is 5.56 Å². The van der Waals surface area contributed by atoms with Crippen LogP contribution in [0.25, 0.3) is 16.0 Å². The number of aryl methyl sites for hydroxylation is 1. The first kappa shape index (κ1) is 19.4. The lowest BCUT2D eigenvalue weighted by Gasteiger charge is -2.19. The molecule has 5 rings (SSSR count). The Bertz CT molecular complexity index is 1210. The van der Waals surface area contributed by atoms with Crippen molar-refractivity contribution in [2.75, 3.05) is 18.0 Å². The van der Waals surface area contributed by atoms with Gasteiger partial charge in [0.15, 0.2) is 15.4 Å². The van der Waals surface area contributed by atoms with Crippen LogP contribution in [0, 0.1) is 3.95 Å². The Kier molecular flexibility index (Phi) is 5.35. The van der Waals surface area contributed by atoms with Crippen molar-refractivity contribution < 1.29 is 0 Å². The number of thiazole rings is 1. The van der Waals surface area contributed by atoms with Gasteiger partial charge in [-0.05, 0) is 42.8 Å². The van der Waals surface area contributed by atoms with Gasteiger partial charge in [-0.25, -0.2) is 9.97 Å². The molecule has 4 nitrogen and oxygen atoms in total. The van der Waals surface area contributed by atoms with Crippen LogP contribution in [0.1, 0.15) is 37.1 Å². The molecular weight excluding hydrogens is 408 g/mol. The number of rotatable bonds is 5. The average Bonchev–Trinajstić information content (AvgIpc) is 3.39. The molecule has 1 fully saturated rings. The summed E-state index contributed by atoms with van der Waals surface area (Å²) >= 11 is 7.39. The molecular formula is C24H24N4S2. The maximum atomic E-state index is 5.77. The predicted octanol–water partition coefficient (Wildman–Crippen LogP) is 6.16. The van der Waals surface area contributed by atoms with E-state index in [4.69, 9.17) is 22.2 Å². The van der Waals surface area contributed by atoms with Crippen molar-refractivity contribution in [2.45, 2.75) is 32.1 Å². The first-order valence-electron chi connectivity index (χ1n) is 10.5. The van der Waals surface area contributed by atoms with E-state index in [-0.39, 0.29) is 0 Å². The van der Waals surface area contributed by atoms with Crippen molar-refractivity contribution in [3.8, 4) is 5.69 Å². The van der Waals surface area contributed by atoms with Crippen LogP contribution in [-0.4, -0.2) is 27.6 Å². The summed E-state index contributed by atoms with van der Waals surface area (Å²) in [6.07, 6.45) is 3.04. The first-order valence-corrected chi connectivity index (χ1v) is 11.7. The third kappa shape index (κ3) is 3.55. The Morgan fingerprint density at radius 1 is 1.03 bits per heavy atom. The second-order valence-electron chi connectivity index (χ2n) is 7.75. The molecule has 1 aliphatic heterocycles. The van der Waals surface area contributed by atoms with E-state index in [0.717, 1.165) is 64.0 Å². The summed E-state index contributed by atoms with van der Waals surface area (Å²) in [4.78, 5) is 12.4. The Hall–Kier alpha value is -2.57. The van der Waals surface area contributed by atoms with Gasteiger partial charge in [-0.1, -0.05) is 66.8 Å². The second kappa shape index (κ2) is 8.28. The molecule has 0 amide bonds. The molecule has 1 aliphatic rings. The lowest BCUT2D eigenvalue weighted by atomic mass is 9.99. The van der Waals surface area contributed by atoms with E-state index < -0.39 is 0 Å². The van der Waals surface area contributed by atoms with Gasteiger partial charge in [-0.3, -0.25) is 4.57 Å². The number of anilines is 1. The second-order valence-corrected chi connectivity index (χ2v) is 9.39. The molecule has 4 aromatic rings. The van der Waals surface area contributed by atoms with Crippen LogP contribution in [0.4, 0.5) is 5.82 Å². The summed E-state index contributed by atoms with van der Waals surface area (Å²) in [7, 11) is 0. The summed E-state index contributed by atoms with van der Waals surface area (Å²) in [5, 5.41) is 0. The van der Waals surface area contributed by atoms with E-state index in [1.807, 2.05) is 18.2 Å². The highest BCUT2D eigenvalue weighted by atomic mass is 32.1. The van der Waals surface area contributed by atoms with Crippen molar-refractivity contribution in [1.82, 2.24) is 14.5 Å². The maximum absolute atomic E-state index is 5.77. The fourth-order valence-electron chi connectivity index (χ4n) is 4.24. The summed E-state index contributed by atoms with van der Waals surface area (Å²) in [6, 6.07) is 21.1. The van der Waals surface area contributed by atoms with Crippen molar-refractivity contribution in [3.05, 3.63) is 76.0 Å². The smallest absolute Gasteiger partial charge is 0.168 e. The minimum atomic E-state index is 0.537. The van der Waals surface area contributed by atoms with Crippen LogP contribution >= 0.6 is 23.6 Å². The van der Waals surface area contributed by atoms with Gasteiger partial charge in [0.2, 0.25) is 0 Å². The number of hydrogen-bond acceptors (Lipinski definition) is 5. The molecule has 0 bridgehead atoms. The highest BCUT2D eigenvalue weighted by Gasteiger charge is 2.28. The Labute approximate surface area is 185 Å². The molecule has 0 unspecified atom stereocenters. The number of para-hydroxylation sites is 1. The number of benzene rings is 2. The quantitative estimate of drug-likeness (QED) is 0.354. The van der Waals surface area contributed by atoms with Gasteiger partial charge in [-0.15, -0.1) is 0 Å². The van der Waals surface area contributed by atoms with Gasteiger partial charge >= 0.3 is 0 Å². The largest absolute Gasteiger partial charge is 0.355 e. The summed E-state index contributed by atoms with van der Waals surface area (Å²) < 4.78 is 4.02. The van der Waals surface area contributed by atoms with Crippen LogP contribution in [0.5, 0.6) is 0 Å². The minimum absolute atomic E-state index is 0.537. The van der Waals surface area contributed by atoms with Crippen LogP contribution in [0.15, 0.2) is 60.7 Å². The molecule has 30 heavy (non-hydrogen) atoms. The van der Waals surface area contributed by atoms with Crippen LogP contribution < -0.4 is 4.90 Å². The van der Waals surface area contributed by atoms with Crippen molar-refractivity contribution in [1.29, 1.82) is 0 Å². The first-order chi connectivity index (χ1) is 14.7. The number of nitrogens with zero attached hydrogens (tertiary/aromatic N) is 4. The molecule has 2 aromatic carbocycles. The monoisotopic (exact) mass is 432 g/mol. The summed E-state index contributed by atoms with van der Waals surface area (Å²) in [5.74, 6) is 2.49. The molecule has 152 valence electrons. The van der Waals surface area contributed by atoms with Gasteiger partial charge in [0.05, 0.1) is 0 Å². The molecule has 0 aliphatic carbocycles. The molecule has 3 heterocycles. The molecule has 0 radical (unpaired) electrons. The Morgan fingerprint density at radius 3 is 2.50 bits per heavy atom. The third-order valence-electron chi connectivity index (χ3n) is 5.71. The van der Waals surface area contributed by atoms with Crippen molar-refractivity contribution in [2.24, 2.45) is 0 Å². The van der Waals surface area contributed by atoms with E-state index in [2.05, 4.69) is 58.9 Å². The van der Waals surface area contributed by atoms with E-state index in [9.17, 15) is 0 Å². The fraction of sp³-hybridized carbons (Fsp3) is 0.292. The molecule has 1 atom stereocenters. The Morgan fingerprint density at radius 2 is 1.77 bits per heavy atom. The number of fused-ring (bicyclic) bond motifs is 1. The van der Waals surface area contributed by atoms with Gasteiger partial charge in [0.25, 0.3) is 0 Å². The fourth-order valence-corrected chi connectivity index (χ4v) is 5.63. The molecule has 2 aromatic heterocycles. The highest BCUT2D eigenvalue weighted by Crippen LogP contribution is 2.37. The topological polar surface area (TPSA) is 34.0 Å². The zero-order valence-electron chi connectivity index (χ0n) is 17.0.